The molecule has 0 fully saturated rings. The zero-order chi connectivity index (χ0) is 12.1. The minimum atomic E-state index is -0.180. The summed E-state index contributed by atoms with van der Waals surface area (Å²) >= 11 is 5.68. The summed E-state index contributed by atoms with van der Waals surface area (Å²) in [6.45, 7) is 8.67. The fourth-order valence-corrected chi connectivity index (χ4v) is 1.41. The van der Waals surface area contributed by atoms with Crippen molar-refractivity contribution in [2.45, 2.75) is 13.8 Å². The van der Waals surface area contributed by atoms with E-state index in [0.29, 0.717) is 13.1 Å². The third-order valence-electron chi connectivity index (χ3n) is 1.95. The van der Waals surface area contributed by atoms with Crippen molar-refractivity contribution in [1.82, 2.24) is 14.9 Å². The van der Waals surface area contributed by atoms with Gasteiger partial charge in [0.05, 0.1) is 12.4 Å². The van der Waals surface area contributed by atoms with E-state index in [0.717, 1.165) is 5.57 Å². The molecule has 1 aromatic heterocycles. The fraction of sp³-hybridized carbons (Fsp3) is 0.364. The average Bonchev–Trinajstić information content (AvgIpc) is 2.24. The highest BCUT2D eigenvalue weighted by atomic mass is 35.5. The molecule has 0 saturated heterocycles. The molecule has 1 rings (SSSR count). The van der Waals surface area contributed by atoms with Gasteiger partial charge in [-0.2, -0.15) is 0 Å². The first kappa shape index (κ1) is 12.6. The quantitative estimate of drug-likeness (QED) is 0.757. The van der Waals surface area contributed by atoms with Gasteiger partial charge in [0, 0.05) is 13.1 Å². The van der Waals surface area contributed by atoms with E-state index in [1.165, 1.54) is 12.4 Å². The number of hydrogen-bond donors (Lipinski definition) is 0. The number of likely N-dealkylation sites (N-methyl/N-ethyl adjacent to an activating group) is 1. The Balaban J connectivity index is 2.86. The molecule has 4 nitrogen and oxygen atoms in total. The molecule has 16 heavy (non-hydrogen) atoms. The molecule has 0 bridgehead atoms. The Kier molecular flexibility index (Phi) is 4.43. The van der Waals surface area contributed by atoms with Crippen LogP contribution in [0.25, 0.3) is 0 Å². The maximum Gasteiger partial charge on any atom is 0.274 e. The van der Waals surface area contributed by atoms with Crippen LogP contribution in [0, 0.1) is 0 Å². The smallest absolute Gasteiger partial charge is 0.274 e. The first-order chi connectivity index (χ1) is 7.54. The summed E-state index contributed by atoms with van der Waals surface area (Å²) in [6, 6.07) is 0. The van der Waals surface area contributed by atoms with E-state index in [2.05, 4.69) is 16.5 Å². The van der Waals surface area contributed by atoms with Gasteiger partial charge in [-0.25, -0.2) is 4.98 Å². The van der Waals surface area contributed by atoms with Gasteiger partial charge in [-0.05, 0) is 13.8 Å². The Hall–Kier alpha value is -1.42. The summed E-state index contributed by atoms with van der Waals surface area (Å²) in [5.41, 5.74) is 1.18. The van der Waals surface area contributed by atoms with E-state index >= 15 is 0 Å². The van der Waals surface area contributed by atoms with Gasteiger partial charge < -0.3 is 4.90 Å². The van der Waals surface area contributed by atoms with E-state index in [9.17, 15) is 4.79 Å². The number of carbonyl (C=O) groups excluding carboxylic acids is 1. The van der Waals surface area contributed by atoms with Crippen molar-refractivity contribution < 1.29 is 4.79 Å². The zero-order valence-corrected chi connectivity index (χ0v) is 10.2. The highest BCUT2D eigenvalue weighted by Gasteiger charge is 2.15. The van der Waals surface area contributed by atoms with Crippen LogP contribution in [0.3, 0.4) is 0 Å². The van der Waals surface area contributed by atoms with Crippen LogP contribution >= 0.6 is 11.6 Å². The molecule has 1 amide bonds. The van der Waals surface area contributed by atoms with Crippen LogP contribution in [-0.2, 0) is 0 Å². The van der Waals surface area contributed by atoms with Crippen LogP contribution in [-0.4, -0.2) is 33.9 Å². The second kappa shape index (κ2) is 5.61. The van der Waals surface area contributed by atoms with Gasteiger partial charge in [-0.15, -0.1) is 0 Å². The van der Waals surface area contributed by atoms with Gasteiger partial charge in [0.15, 0.2) is 0 Å². The highest BCUT2D eigenvalue weighted by Crippen LogP contribution is 2.07. The molecule has 0 atom stereocenters. The Bertz CT molecular complexity index is 406. The van der Waals surface area contributed by atoms with Crippen LogP contribution in [0.15, 0.2) is 24.5 Å². The number of amides is 1. The lowest BCUT2D eigenvalue weighted by Gasteiger charge is -2.20. The summed E-state index contributed by atoms with van der Waals surface area (Å²) in [4.78, 5) is 21.4. The van der Waals surface area contributed by atoms with Gasteiger partial charge in [0.25, 0.3) is 5.91 Å². The Morgan fingerprint density at radius 2 is 2.25 bits per heavy atom. The molecule has 0 aromatic carbocycles. The molecule has 0 N–H and O–H groups in total. The van der Waals surface area contributed by atoms with E-state index in [-0.39, 0.29) is 16.8 Å². The third-order valence-corrected chi connectivity index (χ3v) is 2.14. The number of carbonyl (C=O) groups is 1. The molecule has 0 aliphatic rings. The summed E-state index contributed by atoms with van der Waals surface area (Å²) in [7, 11) is 0. The Morgan fingerprint density at radius 1 is 1.56 bits per heavy atom. The van der Waals surface area contributed by atoms with Crippen LogP contribution < -0.4 is 0 Å². The van der Waals surface area contributed by atoms with Crippen molar-refractivity contribution in [3.63, 3.8) is 0 Å². The molecule has 1 heterocycles. The van der Waals surface area contributed by atoms with E-state index in [4.69, 9.17) is 11.6 Å². The van der Waals surface area contributed by atoms with Crippen molar-refractivity contribution in [1.29, 1.82) is 0 Å². The maximum atomic E-state index is 12.0. The van der Waals surface area contributed by atoms with Gasteiger partial charge in [-0.1, -0.05) is 23.8 Å². The Labute approximate surface area is 100.0 Å². The molecule has 86 valence electrons. The number of nitrogens with zero attached hydrogens (tertiary/aromatic N) is 3. The first-order valence-electron chi connectivity index (χ1n) is 4.95. The van der Waals surface area contributed by atoms with Gasteiger partial charge >= 0.3 is 0 Å². The molecule has 0 aliphatic heterocycles. The van der Waals surface area contributed by atoms with Crippen molar-refractivity contribution in [2.24, 2.45) is 0 Å². The largest absolute Gasteiger partial charge is 0.334 e. The van der Waals surface area contributed by atoms with E-state index in [1.807, 2.05) is 13.8 Å². The second-order valence-electron chi connectivity index (χ2n) is 3.50. The SMILES string of the molecule is C=C(C)CN(CC)C(=O)c1cncc(Cl)n1. The average molecular weight is 240 g/mol. The lowest BCUT2D eigenvalue weighted by Crippen LogP contribution is -2.32. The van der Waals surface area contributed by atoms with Crippen LogP contribution in [0.2, 0.25) is 5.15 Å². The molecule has 0 radical (unpaired) electrons. The summed E-state index contributed by atoms with van der Waals surface area (Å²) in [5.74, 6) is -0.180. The standard InChI is InChI=1S/C11H14ClN3O/c1-4-15(7-8(2)3)11(16)9-5-13-6-10(12)14-9/h5-6H,2,4,7H2,1,3H3. The molecule has 1 aromatic rings. The predicted octanol–water partition coefficient (Wildman–Crippen LogP) is 2.17. The number of halogens is 1. The van der Waals surface area contributed by atoms with Gasteiger partial charge in [0.2, 0.25) is 0 Å². The predicted molar refractivity (Wildman–Crippen MR) is 63.4 cm³/mol. The summed E-state index contributed by atoms with van der Waals surface area (Å²) in [6.07, 6.45) is 2.81. The topological polar surface area (TPSA) is 46.1 Å². The monoisotopic (exact) mass is 239 g/mol. The van der Waals surface area contributed by atoms with Crippen molar-refractivity contribution in [2.75, 3.05) is 13.1 Å². The van der Waals surface area contributed by atoms with E-state index < -0.39 is 0 Å². The second-order valence-corrected chi connectivity index (χ2v) is 3.89. The molecule has 0 spiro atoms. The lowest BCUT2D eigenvalue weighted by molar-refractivity contribution is 0.0772. The van der Waals surface area contributed by atoms with Crippen LogP contribution in [0.1, 0.15) is 24.3 Å². The third kappa shape index (κ3) is 3.31. The van der Waals surface area contributed by atoms with Gasteiger partial charge in [0.1, 0.15) is 10.8 Å². The number of hydrogen-bond acceptors (Lipinski definition) is 3. The number of rotatable bonds is 4. The molecule has 0 unspecified atom stereocenters. The molecule has 0 saturated carbocycles. The van der Waals surface area contributed by atoms with Crippen LogP contribution in [0.5, 0.6) is 0 Å². The highest BCUT2D eigenvalue weighted by molar-refractivity contribution is 6.29. The molecular formula is C11H14ClN3O. The van der Waals surface area contributed by atoms with Crippen molar-refractivity contribution in [3.8, 4) is 0 Å². The van der Waals surface area contributed by atoms with Gasteiger partial charge in [-0.3, -0.25) is 9.78 Å². The molecule has 5 heteroatoms. The molecular weight excluding hydrogens is 226 g/mol. The summed E-state index contributed by atoms with van der Waals surface area (Å²) < 4.78 is 0. The first-order valence-corrected chi connectivity index (χ1v) is 5.33. The molecule has 0 aliphatic carbocycles. The lowest BCUT2D eigenvalue weighted by atomic mass is 10.3. The van der Waals surface area contributed by atoms with Crippen LogP contribution in [0.4, 0.5) is 0 Å². The fourth-order valence-electron chi connectivity index (χ4n) is 1.26. The van der Waals surface area contributed by atoms with Crippen molar-refractivity contribution in [3.05, 3.63) is 35.4 Å². The zero-order valence-electron chi connectivity index (χ0n) is 9.40. The normalized spacial score (nSPS) is 9.94. The maximum absolute atomic E-state index is 12.0. The minimum absolute atomic E-state index is 0.180. The summed E-state index contributed by atoms with van der Waals surface area (Å²) in [5, 5.41) is 0.220. The van der Waals surface area contributed by atoms with Crippen molar-refractivity contribution >= 4 is 17.5 Å². The Morgan fingerprint density at radius 3 is 2.75 bits per heavy atom. The minimum Gasteiger partial charge on any atom is -0.334 e. The van der Waals surface area contributed by atoms with E-state index in [1.54, 1.807) is 4.90 Å². The number of aromatic nitrogens is 2.